The highest BCUT2D eigenvalue weighted by Crippen LogP contribution is 2.13. The average molecular weight is 274 g/mol. The summed E-state index contributed by atoms with van der Waals surface area (Å²) in [7, 11) is 0. The van der Waals surface area contributed by atoms with Gasteiger partial charge in [0.1, 0.15) is 6.04 Å². The minimum atomic E-state index is -0.381. The lowest BCUT2D eigenvalue weighted by molar-refractivity contribution is -0.145. The third-order valence-electron chi connectivity index (χ3n) is 3.81. The Labute approximate surface area is 120 Å². The van der Waals surface area contributed by atoms with E-state index in [9.17, 15) is 9.59 Å². The summed E-state index contributed by atoms with van der Waals surface area (Å²) in [6.07, 6.45) is 0.788. The first-order chi connectivity index (χ1) is 9.49. The molecule has 4 heteroatoms. The highest BCUT2D eigenvalue weighted by molar-refractivity contribution is 5.94. The van der Waals surface area contributed by atoms with Gasteiger partial charge in [0.05, 0.1) is 6.54 Å². The molecule has 1 aromatic rings. The molecule has 1 aliphatic rings. The van der Waals surface area contributed by atoms with E-state index in [-0.39, 0.29) is 30.3 Å². The lowest BCUT2D eigenvalue weighted by atomic mass is 10.00. The zero-order chi connectivity index (χ0) is 14.7. The van der Waals surface area contributed by atoms with Crippen LogP contribution in [-0.2, 0) is 16.0 Å². The van der Waals surface area contributed by atoms with Crippen LogP contribution in [-0.4, -0.2) is 35.8 Å². The molecule has 1 unspecified atom stereocenters. The van der Waals surface area contributed by atoms with Gasteiger partial charge in [-0.1, -0.05) is 38.1 Å². The number of rotatable bonds is 4. The van der Waals surface area contributed by atoms with Gasteiger partial charge in [0.2, 0.25) is 11.8 Å². The molecule has 1 fully saturated rings. The third kappa shape index (κ3) is 3.18. The Morgan fingerprint density at radius 1 is 1.30 bits per heavy atom. The van der Waals surface area contributed by atoms with Crippen molar-refractivity contribution < 1.29 is 9.59 Å². The molecule has 0 saturated carbocycles. The zero-order valence-electron chi connectivity index (χ0n) is 12.3. The van der Waals surface area contributed by atoms with Crippen LogP contribution in [0.5, 0.6) is 0 Å². The maximum Gasteiger partial charge on any atom is 0.245 e. The molecule has 4 nitrogen and oxygen atoms in total. The molecule has 0 aliphatic carbocycles. The molecule has 0 radical (unpaired) electrons. The van der Waals surface area contributed by atoms with E-state index in [1.807, 2.05) is 26.0 Å². The number of nitrogens with one attached hydrogen (secondary N) is 1. The molecular weight excluding hydrogens is 252 g/mol. The molecule has 1 aromatic carbocycles. The van der Waals surface area contributed by atoms with Gasteiger partial charge in [-0.05, 0) is 30.4 Å². The third-order valence-corrected chi connectivity index (χ3v) is 3.81. The van der Waals surface area contributed by atoms with Crippen LogP contribution >= 0.6 is 0 Å². The Balaban J connectivity index is 2.03. The fourth-order valence-corrected chi connectivity index (χ4v) is 2.52. The van der Waals surface area contributed by atoms with Gasteiger partial charge in [0, 0.05) is 6.54 Å². The van der Waals surface area contributed by atoms with Crippen molar-refractivity contribution in [3.63, 3.8) is 0 Å². The number of benzene rings is 1. The molecule has 20 heavy (non-hydrogen) atoms. The van der Waals surface area contributed by atoms with Crippen molar-refractivity contribution in [2.75, 3.05) is 13.1 Å². The number of hydrogen-bond donors (Lipinski definition) is 1. The average Bonchev–Trinajstić information content (AvgIpc) is 2.40. The maximum atomic E-state index is 12.3. The summed E-state index contributed by atoms with van der Waals surface area (Å²) in [5.41, 5.74) is 2.45. The highest BCUT2D eigenvalue weighted by atomic mass is 16.2. The van der Waals surface area contributed by atoms with Crippen molar-refractivity contribution in [1.29, 1.82) is 0 Å². The number of amides is 2. The van der Waals surface area contributed by atoms with Crippen LogP contribution in [0.15, 0.2) is 24.3 Å². The van der Waals surface area contributed by atoms with Crippen molar-refractivity contribution in [3.05, 3.63) is 35.4 Å². The van der Waals surface area contributed by atoms with E-state index in [2.05, 4.69) is 24.4 Å². The van der Waals surface area contributed by atoms with Gasteiger partial charge in [-0.25, -0.2) is 0 Å². The summed E-state index contributed by atoms with van der Waals surface area (Å²) in [6, 6.07) is 7.77. The lowest BCUT2D eigenvalue weighted by Crippen LogP contribution is -2.60. The Morgan fingerprint density at radius 3 is 2.65 bits per heavy atom. The summed E-state index contributed by atoms with van der Waals surface area (Å²) in [6.45, 7) is 6.74. The van der Waals surface area contributed by atoms with Gasteiger partial charge in [0.25, 0.3) is 0 Å². The van der Waals surface area contributed by atoms with Crippen molar-refractivity contribution in [1.82, 2.24) is 10.2 Å². The van der Waals surface area contributed by atoms with Crippen LogP contribution in [0.25, 0.3) is 0 Å². The molecule has 108 valence electrons. The van der Waals surface area contributed by atoms with Crippen LogP contribution in [0, 0.1) is 12.8 Å². The number of carbonyl (C=O) groups excluding carboxylic acids is 2. The van der Waals surface area contributed by atoms with Crippen LogP contribution in [0.2, 0.25) is 0 Å². The molecule has 1 N–H and O–H groups in total. The van der Waals surface area contributed by atoms with E-state index >= 15 is 0 Å². The van der Waals surface area contributed by atoms with Crippen LogP contribution in [0.3, 0.4) is 0 Å². The van der Waals surface area contributed by atoms with Gasteiger partial charge in [-0.15, -0.1) is 0 Å². The number of nitrogens with zero attached hydrogens (tertiary/aromatic N) is 1. The quantitative estimate of drug-likeness (QED) is 0.905. The van der Waals surface area contributed by atoms with Crippen LogP contribution < -0.4 is 5.32 Å². The number of piperazine rings is 1. The number of carbonyl (C=O) groups is 2. The smallest absolute Gasteiger partial charge is 0.245 e. The fourth-order valence-electron chi connectivity index (χ4n) is 2.52. The summed E-state index contributed by atoms with van der Waals surface area (Å²) in [4.78, 5) is 25.7. The first-order valence-electron chi connectivity index (χ1n) is 7.11. The summed E-state index contributed by atoms with van der Waals surface area (Å²) in [5.74, 6) is 0.0916. The van der Waals surface area contributed by atoms with E-state index in [4.69, 9.17) is 0 Å². The molecule has 2 rings (SSSR count). The minimum absolute atomic E-state index is 0.0354. The van der Waals surface area contributed by atoms with E-state index in [1.165, 1.54) is 11.1 Å². The van der Waals surface area contributed by atoms with Crippen molar-refractivity contribution in [2.45, 2.75) is 33.2 Å². The molecule has 1 heterocycles. The molecule has 0 aromatic heterocycles. The maximum absolute atomic E-state index is 12.3. The van der Waals surface area contributed by atoms with Crippen molar-refractivity contribution in [2.24, 2.45) is 5.92 Å². The van der Waals surface area contributed by atoms with Gasteiger partial charge in [-0.2, -0.15) is 0 Å². The van der Waals surface area contributed by atoms with Crippen LogP contribution in [0.4, 0.5) is 0 Å². The predicted molar refractivity (Wildman–Crippen MR) is 78.2 cm³/mol. The van der Waals surface area contributed by atoms with E-state index < -0.39 is 0 Å². The minimum Gasteiger partial charge on any atom is -0.343 e. The molecule has 1 atom stereocenters. The second-order valence-electron chi connectivity index (χ2n) is 5.73. The summed E-state index contributed by atoms with van der Waals surface area (Å²) < 4.78 is 0. The topological polar surface area (TPSA) is 49.4 Å². The first kappa shape index (κ1) is 14.6. The van der Waals surface area contributed by atoms with Gasteiger partial charge >= 0.3 is 0 Å². The number of hydrogen-bond acceptors (Lipinski definition) is 2. The molecular formula is C16H22N2O2. The second-order valence-corrected chi connectivity index (χ2v) is 5.73. The number of aryl methyl sites for hydroxylation is 1. The Bertz CT molecular complexity index is 511. The van der Waals surface area contributed by atoms with Crippen LogP contribution in [0.1, 0.15) is 25.0 Å². The second kappa shape index (κ2) is 6.07. The molecule has 0 bridgehead atoms. The van der Waals surface area contributed by atoms with Crippen molar-refractivity contribution >= 4 is 11.8 Å². The van der Waals surface area contributed by atoms with E-state index in [0.29, 0.717) is 6.54 Å². The van der Waals surface area contributed by atoms with Gasteiger partial charge in [-0.3, -0.25) is 9.59 Å². The summed E-state index contributed by atoms with van der Waals surface area (Å²) in [5, 5.41) is 2.77. The largest absolute Gasteiger partial charge is 0.343 e. The standard InChI is InChI=1S/C16H22N2O2/c1-11(2)15-16(20)18(10-14(19)17-15)9-8-13-7-5-4-6-12(13)3/h4-7,11,15H,8-10H2,1-3H3,(H,17,19). The molecule has 0 spiro atoms. The predicted octanol–water partition coefficient (Wildman–Crippen LogP) is 1.52. The van der Waals surface area contributed by atoms with Crippen molar-refractivity contribution in [3.8, 4) is 0 Å². The van der Waals surface area contributed by atoms with E-state index in [0.717, 1.165) is 6.42 Å². The van der Waals surface area contributed by atoms with Gasteiger partial charge < -0.3 is 10.2 Å². The SMILES string of the molecule is Cc1ccccc1CCN1CC(=O)NC(C(C)C)C1=O. The summed E-state index contributed by atoms with van der Waals surface area (Å²) >= 11 is 0. The normalized spacial score (nSPS) is 19.4. The fraction of sp³-hybridized carbons (Fsp3) is 0.500. The molecule has 1 saturated heterocycles. The molecule has 1 aliphatic heterocycles. The highest BCUT2D eigenvalue weighted by Gasteiger charge is 2.34. The van der Waals surface area contributed by atoms with E-state index in [1.54, 1.807) is 4.90 Å². The molecule has 2 amide bonds. The Hall–Kier alpha value is -1.84. The lowest BCUT2D eigenvalue weighted by Gasteiger charge is -2.34. The first-order valence-corrected chi connectivity index (χ1v) is 7.11. The zero-order valence-corrected chi connectivity index (χ0v) is 12.3. The Kier molecular flexibility index (Phi) is 4.42. The Morgan fingerprint density at radius 2 is 2.00 bits per heavy atom. The monoisotopic (exact) mass is 274 g/mol. The van der Waals surface area contributed by atoms with Gasteiger partial charge in [0.15, 0.2) is 0 Å².